The molecule has 4 aliphatic carbocycles. The lowest BCUT2D eigenvalue weighted by atomic mass is 9.44. The predicted molar refractivity (Wildman–Crippen MR) is 118 cm³/mol. The van der Waals surface area contributed by atoms with Gasteiger partial charge in [0.05, 0.1) is 18.8 Å². The maximum atomic E-state index is 14.0. The summed E-state index contributed by atoms with van der Waals surface area (Å²) in [7, 11) is 0. The summed E-state index contributed by atoms with van der Waals surface area (Å²) in [6, 6.07) is 0. The summed E-state index contributed by atoms with van der Waals surface area (Å²) < 4.78 is 13.2. The number of carbonyl (C=O) groups excluding carboxylic acids is 1. The molecule has 4 saturated carbocycles. The van der Waals surface area contributed by atoms with Crippen molar-refractivity contribution in [3.05, 3.63) is 0 Å². The normalized spacial score (nSPS) is 60.9. The van der Waals surface area contributed by atoms with E-state index >= 15 is 0 Å². The topological polar surface area (TPSA) is 55.8 Å². The molecule has 1 N–H and O–H groups in total. The first-order valence-electron chi connectivity index (χ1n) is 13.2. The van der Waals surface area contributed by atoms with Gasteiger partial charge in [-0.1, -0.05) is 27.7 Å². The van der Waals surface area contributed by atoms with E-state index in [0.29, 0.717) is 41.3 Å². The number of ketones is 1. The summed E-state index contributed by atoms with van der Waals surface area (Å²) in [6.07, 6.45) is 9.39. The van der Waals surface area contributed by atoms with Crippen molar-refractivity contribution in [2.24, 2.45) is 52.3 Å². The summed E-state index contributed by atoms with van der Waals surface area (Å²) in [5, 5.41) is 10.3. The van der Waals surface area contributed by atoms with Crippen LogP contribution in [0.2, 0.25) is 0 Å². The van der Waals surface area contributed by atoms with Crippen LogP contribution in [0.4, 0.5) is 0 Å². The highest BCUT2D eigenvalue weighted by Crippen LogP contribution is 2.70. The van der Waals surface area contributed by atoms with Crippen molar-refractivity contribution < 1.29 is 19.4 Å². The molecule has 2 heterocycles. The van der Waals surface area contributed by atoms with Crippen LogP contribution in [0.1, 0.15) is 85.5 Å². The van der Waals surface area contributed by atoms with Gasteiger partial charge in [-0.2, -0.15) is 0 Å². The fourth-order valence-corrected chi connectivity index (χ4v) is 9.93. The molecule has 0 radical (unpaired) electrons. The molecule has 4 nitrogen and oxygen atoms in total. The molecule has 2 aliphatic heterocycles. The molecule has 6 aliphatic rings. The molecule has 1 spiro atoms. The van der Waals surface area contributed by atoms with Gasteiger partial charge in [0.15, 0.2) is 5.79 Å². The Balaban J connectivity index is 1.30. The van der Waals surface area contributed by atoms with E-state index in [4.69, 9.17) is 9.47 Å². The van der Waals surface area contributed by atoms with Crippen LogP contribution in [0, 0.1) is 52.3 Å². The Labute approximate surface area is 187 Å². The number of ether oxygens (including phenoxy) is 2. The number of hydrogen-bond acceptors (Lipinski definition) is 4. The van der Waals surface area contributed by atoms with E-state index in [2.05, 4.69) is 27.7 Å². The third-order valence-corrected chi connectivity index (χ3v) is 11.8. The van der Waals surface area contributed by atoms with Gasteiger partial charge >= 0.3 is 0 Å². The van der Waals surface area contributed by atoms with Crippen LogP contribution in [0.5, 0.6) is 0 Å². The Morgan fingerprint density at radius 2 is 1.81 bits per heavy atom. The zero-order valence-electron chi connectivity index (χ0n) is 19.9. The third-order valence-electron chi connectivity index (χ3n) is 11.8. The Bertz CT molecular complexity index is 756. The first-order valence-corrected chi connectivity index (χ1v) is 13.2. The van der Waals surface area contributed by atoms with Gasteiger partial charge in [0.1, 0.15) is 5.78 Å². The van der Waals surface area contributed by atoms with E-state index in [1.54, 1.807) is 0 Å². The van der Waals surface area contributed by atoms with E-state index in [1.807, 2.05) is 0 Å². The fraction of sp³-hybridized carbons (Fsp3) is 0.963. The Hall–Kier alpha value is -0.450. The second kappa shape index (κ2) is 6.79. The largest absolute Gasteiger partial charge is 0.393 e. The number of Topliss-reactive ketones (excluding diaryl/α,β-unsaturated/α-hetero) is 1. The van der Waals surface area contributed by atoms with Crippen molar-refractivity contribution >= 4 is 5.78 Å². The van der Waals surface area contributed by atoms with Gasteiger partial charge in [-0.15, -0.1) is 0 Å². The van der Waals surface area contributed by atoms with Crippen LogP contribution in [0.3, 0.4) is 0 Å². The second-order valence-corrected chi connectivity index (χ2v) is 13.0. The van der Waals surface area contributed by atoms with E-state index in [1.165, 1.54) is 12.8 Å². The van der Waals surface area contributed by atoms with Gasteiger partial charge in [-0.05, 0) is 80.0 Å². The molecule has 6 rings (SSSR count). The van der Waals surface area contributed by atoms with E-state index in [9.17, 15) is 9.90 Å². The maximum Gasteiger partial charge on any atom is 0.171 e. The standard InChI is InChI=1S/C27H42O4/c1-15-7-10-27(30-14-15)16(2)24-22(31-27)12-21-19-6-5-17-11-18(28)8-9-25(17,3)20(19)13-23(29)26(21,24)4/h15-22,24,28H,5-14H2,1-4H3/t15-,16?,17?,18+,19?,20?,21?,22?,24?,25+,26-,27-/m1/s1. The number of rotatable bonds is 0. The van der Waals surface area contributed by atoms with Crippen LogP contribution in [0.15, 0.2) is 0 Å². The molecule has 7 unspecified atom stereocenters. The van der Waals surface area contributed by atoms with Gasteiger partial charge in [0.2, 0.25) is 0 Å². The van der Waals surface area contributed by atoms with Crippen LogP contribution < -0.4 is 0 Å². The molecule has 4 heteroatoms. The minimum atomic E-state index is -0.448. The molecule has 31 heavy (non-hydrogen) atoms. The summed E-state index contributed by atoms with van der Waals surface area (Å²) >= 11 is 0. The molecule has 174 valence electrons. The first kappa shape index (κ1) is 21.1. The third kappa shape index (κ3) is 2.68. The lowest BCUT2D eigenvalue weighted by Crippen LogP contribution is -2.58. The Morgan fingerprint density at radius 1 is 1.00 bits per heavy atom. The lowest BCUT2D eigenvalue weighted by molar-refractivity contribution is -0.272. The molecular weight excluding hydrogens is 388 g/mol. The highest BCUT2D eigenvalue weighted by molar-refractivity contribution is 5.87. The highest BCUT2D eigenvalue weighted by atomic mass is 16.7. The highest BCUT2D eigenvalue weighted by Gasteiger charge is 2.71. The van der Waals surface area contributed by atoms with Gasteiger partial charge in [0, 0.05) is 30.1 Å². The summed E-state index contributed by atoms with van der Waals surface area (Å²) in [5.74, 6) is 3.45. The minimum Gasteiger partial charge on any atom is -0.393 e. The number of aliphatic hydroxyl groups is 1. The molecule has 12 atom stereocenters. The average Bonchev–Trinajstić information content (AvgIpc) is 3.18. The van der Waals surface area contributed by atoms with Crippen LogP contribution in [-0.2, 0) is 14.3 Å². The van der Waals surface area contributed by atoms with Crippen molar-refractivity contribution in [3.63, 3.8) is 0 Å². The molecule has 2 saturated heterocycles. The number of carbonyl (C=O) groups is 1. The van der Waals surface area contributed by atoms with Crippen molar-refractivity contribution in [1.29, 1.82) is 0 Å². The van der Waals surface area contributed by atoms with Crippen molar-refractivity contribution in [1.82, 2.24) is 0 Å². The van der Waals surface area contributed by atoms with Crippen molar-refractivity contribution in [3.8, 4) is 0 Å². The average molecular weight is 431 g/mol. The van der Waals surface area contributed by atoms with Crippen molar-refractivity contribution in [2.45, 2.75) is 103 Å². The van der Waals surface area contributed by atoms with E-state index in [0.717, 1.165) is 51.6 Å². The predicted octanol–water partition coefficient (Wildman–Crippen LogP) is 4.97. The smallest absolute Gasteiger partial charge is 0.171 e. The quantitative estimate of drug-likeness (QED) is 0.589. The Morgan fingerprint density at radius 3 is 2.55 bits per heavy atom. The number of fused-ring (bicyclic) bond motifs is 7. The molecule has 6 fully saturated rings. The van der Waals surface area contributed by atoms with E-state index < -0.39 is 5.79 Å². The van der Waals surface area contributed by atoms with Gasteiger partial charge in [0.25, 0.3) is 0 Å². The fourth-order valence-electron chi connectivity index (χ4n) is 9.93. The van der Waals surface area contributed by atoms with E-state index in [-0.39, 0.29) is 29.0 Å². The summed E-state index contributed by atoms with van der Waals surface area (Å²) in [4.78, 5) is 14.0. The first-order chi connectivity index (χ1) is 14.7. The molecule has 0 aromatic carbocycles. The van der Waals surface area contributed by atoms with Gasteiger partial charge < -0.3 is 14.6 Å². The lowest BCUT2D eigenvalue weighted by Gasteiger charge is -2.60. The van der Waals surface area contributed by atoms with Gasteiger partial charge in [-0.3, -0.25) is 4.79 Å². The van der Waals surface area contributed by atoms with Gasteiger partial charge in [-0.25, -0.2) is 0 Å². The van der Waals surface area contributed by atoms with Crippen molar-refractivity contribution in [2.75, 3.05) is 6.61 Å². The number of hydrogen-bond donors (Lipinski definition) is 1. The molecule has 0 amide bonds. The molecule has 0 aromatic heterocycles. The monoisotopic (exact) mass is 430 g/mol. The molecular formula is C27H42O4. The zero-order chi connectivity index (χ0) is 21.8. The summed E-state index contributed by atoms with van der Waals surface area (Å²) in [5.41, 5.74) is -0.0221. The van der Waals surface area contributed by atoms with Crippen LogP contribution in [0.25, 0.3) is 0 Å². The second-order valence-electron chi connectivity index (χ2n) is 13.0. The maximum absolute atomic E-state index is 14.0. The number of aliphatic hydroxyl groups excluding tert-OH is 1. The molecule has 0 aromatic rings. The Kier molecular flexibility index (Phi) is 4.62. The zero-order valence-corrected chi connectivity index (χ0v) is 19.9. The molecule has 0 bridgehead atoms. The van der Waals surface area contributed by atoms with Crippen LogP contribution in [-0.4, -0.2) is 35.5 Å². The SMILES string of the molecule is CC1C2C(CC3C4CCC5C[C@@H](O)CC[C@]5(C)C4CC(=O)[C@@]32C)O[C@]12CC[C@@H](C)CO2. The minimum absolute atomic E-state index is 0.131. The summed E-state index contributed by atoms with van der Waals surface area (Å²) in [6.45, 7) is 10.1. The van der Waals surface area contributed by atoms with Crippen LogP contribution >= 0.6 is 0 Å².